The normalized spacial score (nSPS) is 11.0. The summed E-state index contributed by atoms with van der Waals surface area (Å²) in [4.78, 5) is 0.374. The highest BCUT2D eigenvalue weighted by Crippen LogP contribution is 2.17. The number of benzene rings is 1. The van der Waals surface area contributed by atoms with Crippen LogP contribution in [0, 0.1) is 17.7 Å². The average Bonchev–Trinajstić information content (AvgIpc) is 2.91. The Morgan fingerprint density at radius 3 is 2.81 bits per heavy atom. The van der Waals surface area contributed by atoms with Crippen LogP contribution in [0.2, 0.25) is 0 Å². The zero-order chi connectivity index (χ0) is 15.3. The Morgan fingerprint density at radius 2 is 2.10 bits per heavy atom. The molecule has 0 atom stereocenters. The van der Waals surface area contributed by atoms with Crippen LogP contribution in [0.1, 0.15) is 10.4 Å². The Balaban J connectivity index is 2.09. The van der Waals surface area contributed by atoms with E-state index in [0.29, 0.717) is 5.56 Å². The van der Waals surface area contributed by atoms with Crippen LogP contribution in [0.25, 0.3) is 0 Å². The van der Waals surface area contributed by atoms with Gasteiger partial charge in [-0.05, 0) is 18.2 Å². The zero-order valence-corrected chi connectivity index (χ0v) is 12.5. The van der Waals surface area contributed by atoms with Gasteiger partial charge in [-0.3, -0.25) is 0 Å². The molecule has 110 valence electrons. The van der Waals surface area contributed by atoms with Crippen molar-refractivity contribution in [2.75, 3.05) is 6.61 Å². The third-order valence-corrected chi connectivity index (χ3v) is 4.90. The number of sulfonamides is 1. The van der Waals surface area contributed by atoms with Gasteiger partial charge in [0.1, 0.15) is 17.3 Å². The van der Waals surface area contributed by atoms with Crippen LogP contribution < -0.4 is 4.72 Å². The van der Waals surface area contributed by atoms with Gasteiger partial charge in [-0.1, -0.05) is 24.0 Å². The number of nitrogens with one attached hydrogen (secondary N) is 1. The lowest BCUT2D eigenvalue weighted by atomic mass is 10.3. The van der Waals surface area contributed by atoms with E-state index >= 15 is 0 Å². The molecule has 0 saturated heterocycles. The lowest BCUT2D eigenvalue weighted by Gasteiger charge is -2.06. The zero-order valence-electron chi connectivity index (χ0n) is 10.8. The molecule has 2 rings (SSSR count). The summed E-state index contributed by atoms with van der Waals surface area (Å²) in [6.45, 7) is -0.173. The quantitative estimate of drug-likeness (QED) is 0.841. The van der Waals surface area contributed by atoms with E-state index in [-0.39, 0.29) is 18.0 Å². The van der Waals surface area contributed by atoms with Crippen LogP contribution in [0.4, 0.5) is 4.39 Å². The van der Waals surface area contributed by atoms with Crippen molar-refractivity contribution in [3.63, 3.8) is 0 Å². The highest BCUT2D eigenvalue weighted by molar-refractivity contribution is 7.89. The molecule has 0 aliphatic rings. The fourth-order valence-corrected chi connectivity index (χ4v) is 3.52. The van der Waals surface area contributed by atoms with Gasteiger partial charge in [-0.15, -0.1) is 11.3 Å². The summed E-state index contributed by atoms with van der Waals surface area (Å²) >= 11 is 1.34. The second kappa shape index (κ2) is 6.83. The summed E-state index contributed by atoms with van der Waals surface area (Å²) in [6.07, 6.45) is 0. The Labute approximate surface area is 126 Å². The van der Waals surface area contributed by atoms with E-state index in [1.807, 2.05) is 0 Å². The first-order chi connectivity index (χ1) is 10.0. The molecule has 0 spiro atoms. The molecule has 1 aromatic carbocycles. The number of hydrogen-bond donors (Lipinski definition) is 2. The minimum absolute atomic E-state index is 0.0577. The standard InChI is InChI=1S/C14H12FNO3S2/c15-13-5-1-2-6-14(13)21(18,19)16-9-12-8-11(10-20-12)4-3-7-17/h1-2,5-6,8,10,16-17H,7,9H2. The number of aliphatic hydroxyl groups excluding tert-OH is 1. The van der Waals surface area contributed by atoms with Crippen molar-refractivity contribution < 1.29 is 17.9 Å². The predicted octanol–water partition coefficient (Wildman–Crippen LogP) is 1.71. The van der Waals surface area contributed by atoms with E-state index in [1.165, 1.54) is 29.5 Å². The van der Waals surface area contributed by atoms with Gasteiger partial charge in [-0.25, -0.2) is 17.5 Å². The van der Waals surface area contributed by atoms with Crippen molar-refractivity contribution in [2.24, 2.45) is 0 Å². The number of thiophene rings is 1. The van der Waals surface area contributed by atoms with E-state index in [0.717, 1.165) is 10.9 Å². The van der Waals surface area contributed by atoms with Crippen molar-refractivity contribution in [1.29, 1.82) is 0 Å². The molecule has 0 aliphatic heterocycles. The Kier molecular flexibility index (Phi) is 5.09. The van der Waals surface area contributed by atoms with Crippen molar-refractivity contribution in [3.05, 3.63) is 52.0 Å². The summed E-state index contributed by atoms with van der Waals surface area (Å²) in [5.74, 6) is 4.45. The first-order valence-corrected chi connectivity index (χ1v) is 8.30. The van der Waals surface area contributed by atoms with Crippen LogP contribution >= 0.6 is 11.3 Å². The van der Waals surface area contributed by atoms with E-state index in [1.54, 1.807) is 11.4 Å². The molecule has 21 heavy (non-hydrogen) atoms. The minimum atomic E-state index is -3.89. The molecule has 0 amide bonds. The maximum atomic E-state index is 13.5. The topological polar surface area (TPSA) is 66.4 Å². The summed E-state index contributed by atoms with van der Waals surface area (Å²) in [5.41, 5.74) is 0.703. The van der Waals surface area contributed by atoms with Crippen LogP contribution in [0.3, 0.4) is 0 Å². The average molecular weight is 325 g/mol. The molecule has 2 aromatic rings. The molecular weight excluding hydrogens is 313 g/mol. The van der Waals surface area contributed by atoms with Crippen LogP contribution in [0.15, 0.2) is 40.6 Å². The second-order valence-electron chi connectivity index (χ2n) is 4.02. The minimum Gasteiger partial charge on any atom is -0.384 e. The smallest absolute Gasteiger partial charge is 0.243 e. The SMILES string of the molecule is O=S(=O)(NCc1cc(C#CCO)cs1)c1ccccc1F. The first-order valence-electron chi connectivity index (χ1n) is 5.94. The second-order valence-corrected chi connectivity index (χ2v) is 6.75. The van der Waals surface area contributed by atoms with Gasteiger partial charge in [0.15, 0.2) is 0 Å². The van der Waals surface area contributed by atoms with Crippen molar-refractivity contribution in [3.8, 4) is 11.8 Å². The Bertz CT molecular complexity index is 788. The van der Waals surface area contributed by atoms with E-state index < -0.39 is 15.8 Å². The summed E-state index contributed by atoms with van der Waals surface area (Å²) in [6, 6.07) is 6.93. The number of rotatable bonds is 4. The molecule has 0 saturated carbocycles. The third kappa shape index (κ3) is 4.12. The monoisotopic (exact) mass is 325 g/mol. The summed E-state index contributed by atoms with van der Waals surface area (Å²) in [5, 5.41) is 10.4. The van der Waals surface area contributed by atoms with Crippen molar-refractivity contribution in [2.45, 2.75) is 11.4 Å². The summed E-state index contributed by atoms with van der Waals surface area (Å²) < 4.78 is 39.8. The van der Waals surface area contributed by atoms with Crippen LogP contribution in [-0.2, 0) is 16.6 Å². The molecule has 0 radical (unpaired) electrons. The largest absolute Gasteiger partial charge is 0.384 e. The van der Waals surface area contributed by atoms with Gasteiger partial charge in [0.05, 0.1) is 0 Å². The van der Waals surface area contributed by atoms with Gasteiger partial charge in [-0.2, -0.15) is 0 Å². The van der Waals surface area contributed by atoms with Gasteiger partial charge in [0.2, 0.25) is 10.0 Å². The lowest BCUT2D eigenvalue weighted by molar-refractivity contribution is 0.350. The summed E-state index contributed by atoms with van der Waals surface area (Å²) in [7, 11) is -3.89. The fourth-order valence-electron chi connectivity index (χ4n) is 1.59. The number of aliphatic hydroxyl groups is 1. The first kappa shape index (κ1) is 15.7. The third-order valence-electron chi connectivity index (χ3n) is 2.53. The molecule has 0 bridgehead atoms. The molecule has 0 unspecified atom stereocenters. The molecule has 4 nitrogen and oxygen atoms in total. The van der Waals surface area contributed by atoms with Crippen molar-refractivity contribution in [1.82, 2.24) is 4.72 Å². The van der Waals surface area contributed by atoms with Crippen LogP contribution in [-0.4, -0.2) is 20.1 Å². The highest BCUT2D eigenvalue weighted by atomic mass is 32.2. The van der Waals surface area contributed by atoms with Crippen molar-refractivity contribution >= 4 is 21.4 Å². The van der Waals surface area contributed by atoms with E-state index in [2.05, 4.69) is 16.6 Å². The molecule has 7 heteroatoms. The van der Waals surface area contributed by atoms with Crippen LogP contribution in [0.5, 0.6) is 0 Å². The van der Waals surface area contributed by atoms with Gasteiger partial charge in [0, 0.05) is 22.4 Å². The molecule has 1 heterocycles. The number of hydrogen-bond acceptors (Lipinski definition) is 4. The van der Waals surface area contributed by atoms with Gasteiger partial charge >= 0.3 is 0 Å². The molecule has 1 aromatic heterocycles. The van der Waals surface area contributed by atoms with E-state index in [4.69, 9.17) is 5.11 Å². The molecule has 2 N–H and O–H groups in total. The maximum absolute atomic E-state index is 13.5. The molecular formula is C14H12FNO3S2. The van der Waals surface area contributed by atoms with Gasteiger partial charge in [0.25, 0.3) is 0 Å². The Hall–Kier alpha value is -1.72. The predicted molar refractivity (Wildman–Crippen MR) is 78.7 cm³/mol. The Morgan fingerprint density at radius 1 is 1.33 bits per heavy atom. The fraction of sp³-hybridized carbons (Fsp3) is 0.143. The lowest BCUT2D eigenvalue weighted by Crippen LogP contribution is -2.23. The number of halogens is 1. The van der Waals surface area contributed by atoms with E-state index in [9.17, 15) is 12.8 Å². The molecule has 0 aliphatic carbocycles. The molecule has 0 fully saturated rings. The maximum Gasteiger partial charge on any atom is 0.243 e. The van der Waals surface area contributed by atoms with Gasteiger partial charge < -0.3 is 5.11 Å². The highest BCUT2D eigenvalue weighted by Gasteiger charge is 2.18.